The van der Waals surface area contributed by atoms with Crippen LogP contribution in [0.2, 0.25) is 0 Å². The van der Waals surface area contributed by atoms with Crippen LogP contribution < -0.4 is 5.73 Å². The largest absolute Gasteiger partial charge is 0.377 e. The van der Waals surface area contributed by atoms with Crippen molar-refractivity contribution in [1.82, 2.24) is 0 Å². The number of carbonyl (C=O) groups excluding carboxylic acids is 1. The van der Waals surface area contributed by atoms with Gasteiger partial charge in [0.1, 0.15) is 0 Å². The number of hydrogen-bond donors (Lipinski definition) is 1. The van der Waals surface area contributed by atoms with Crippen molar-refractivity contribution < 1.29 is 9.53 Å². The number of rotatable bonds is 18. The number of methoxy groups -OCH3 is 1. The van der Waals surface area contributed by atoms with Crippen LogP contribution in [0.15, 0.2) is 30.3 Å². The van der Waals surface area contributed by atoms with Gasteiger partial charge >= 0.3 is 0 Å². The molecule has 0 aliphatic rings. The Kier molecular flexibility index (Phi) is 14.7. The Bertz CT molecular complexity index is 461. The van der Waals surface area contributed by atoms with Crippen molar-refractivity contribution in [2.45, 2.75) is 102 Å². The minimum absolute atomic E-state index is 0.162. The lowest BCUT2D eigenvalue weighted by molar-refractivity contribution is -0.118. The zero-order valence-electron chi connectivity index (χ0n) is 17.5. The first-order chi connectivity index (χ1) is 13.2. The topological polar surface area (TPSA) is 52.3 Å². The molecule has 3 nitrogen and oxygen atoms in total. The Hall–Kier alpha value is -1.35. The summed E-state index contributed by atoms with van der Waals surface area (Å²) in [6.07, 6.45) is 18.7. The van der Waals surface area contributed by atoms with Crippen LogP contribution >= 0.6 is 0 Å². The van der Waals surface area contributed by atoms with Gasteiger partial charge in [-0.1, -0.05) is 107 Å². The quantitative estimate of drug-likeness (QED) is 0.290. The first-order valence-corrected chi connectivity index (χ1v) is 11.1. The van der Waals surface area contributed by atoms with E-state index in [-0.39, 0.29) is 12.0 Å². The molecule has 0 spiro atoms. The van der Waals surface area contributed by atoms with E-state index < -0.39 is 0 Å². The highest BCUT2D eigenvalue weighted by molar-refractivity contribution is 5.73. The lowest BCUT2D eigenvalue weighted by Gasteiger charge is -2.15. The lowest BCUT2D eigenvalue weighted by Crippen LogP contribution is -2.09. The summed E-state index contributed by atoms with van der Waals surface area (Å²) in [5.41, 5.74) is 6.44. The predicted molar refractivity (Wildman–Crippen MR) is 115 cm³/mol. The minimum atomic E-state index is -0.162. The molecule has 1 aromatic rings. The molecule has 0 saturated carbocycles. The summed E-state index contributed by atoms with van der Waals surface area (Å²) in [7, 11) is 1.82. The van der Waals surface area contributed by atoms with Crippen LogP contribution in [0.3, 0.4) is 0 Å². The van der Waals surface area contributed by atoms with Crippen LogP contribution in [0.25, 0.3) is 0 Å². The van der Waals surface area contributed by atoms with E-state index >= 15 is 0 Å². The highest BCUT2D eigenvalue weighted by Gasteiger charge is 2.08. The number of unbranched alkanes of at least 4 members (excludes halogenated alkanes) is 12. The molecule has 0 heterocycles. The Labute approximate surface area is 167 Å². The summed E-state index contributed by atoms with van der Waals surface area (Å²) in [6.45, 7) is 0. The van der Waals surface area contributed by atoms with Crippen LogP contribution in [-0.4, -0.2) is 13.0 Å². The molecular formula is C24H41NO2. The third kappa shape index (κ3) is 13.5. The zero-order valence-corrected chi connectivity index (χ0v) is 17.5. The van der Waals surface area contributed by atoms with Gasteiger partial charge in [-0.15, -0.1) is 0 Å². The van der Waals surface area contributed by atoms with Gasteiger partial charge in [0.25, 0.3) is 0 Å². The van der Waals surface area contributed by atoms with Crippen molar-refractivity contribution in [3.05, 3.63) is 35.9 Å². The summed E-state index contributed by atoms with van der Waals surface area (Å²) in [5.74, 6) is -0.162. The molecule has 1 atom stereocenters. The van der Waals surface area contributed by atoms with Crippen LogP contribution in [0.1, 0.15) is 108 Å². The summed E-state index contributed by atoms with van der Waals surface area (Å²) in [6, 6.07) is 10.6. The van der Waals surface area contributed by atoms with Crippen LogP contribution in [0.4, 0.5) is 0 Å². The molecule has 0 aromatic heterocycles. The highest BCUT2D eigenvalue weighted by Crippen LogP contribution is 2.23. The molecular weight excluding hydrogens is 334 g/mol. The number of nitrogens with two attached hydrogens (primary N) is 1. The predicted octanol–water partition coefficient (Wildman–Crippen LogP) is 6.71. The van der Waals surface area contributed by atoms with Gasteiger partial charge in [0, 0.05) is 13.5 Å². The van der Waals surface area contributed by atoms with Gasteiger partial charge in [0.2, 0.25) is 5.91 Å². The second-order valence-electron chi connectivity index (χ2n) is 7.74. The van der Waals surface area contributed by atoms with E-state index in [0.717, 1.165) is 19.3 Å². The van der Waals surface area contributed by atoms with E-state index in [2.05, 4.69) is 30.3 Å². The summed E-state index contributed by atoms with van der Waals surface area (Å²) < 4.78 is 5.64. The molecule has 154 valence electrons. The van der Waals surface area contributed by atoms with Gasteiger partial charge in [-0.05, 0) is 18.4 Å². The first kappa shape index (κ1) is 23.7. The van der Waals surface area contributed by atoms with Gasteiger partial charge in [0.05, 0.1) is 6.10 Å². The van der Waals surface area contributed by atoms with Gasteiger partial charge in [-0.2, -0.15) is 0 Å². The minimum Gasteiger partial charge on any atom is -0.377 e. The average Bonchev–Trinajstić information content (AvgIpc) is 2.68. The molecule has 0 aliphatic carbocycles. The molecule has 1 rings (SSSR count). The maximum absolute atomic E-state index is 10.6. The fraction of sp³-hybridized carbons (Fsp3) is 0.708. The molecule has 2 N–H and O–H groups in total. The van der Waals surface area contributed by atoms with Crippen molar-refractivity contribution in [3.63, 3.8) is 0 Å². The van der Waals surface area contributed by atoms with Crippen LogP contribution in [0, 0.1) is 0 Å². The SMILES string of the molecule is COC(CCCCCCCCCCCCCCCC(N)=O)c1ccccc1. The maximum atomic E-state index is 10.6. The molecule has 0 bridgehead atoms. The van der Waals surface area contributed by atoms with E-state index in [1.165, 1.54) is 76.2 Å². The molecule has 1 aromatic carbocycles. The highest BCUT2D eigenvalue weighted by atomic mass is 16.5. The maximum Gasteiger partial charge on any atom is 0.217 e. The number of primary amides is 1. The van der Waals surface area contributed by atoms with E-state index in [1.807, 2.05) is 7.11 Å². The average molecular weight is 376 g/mol. The first-order valence-electron chi connectivity index (χ1n) is 11.1. The molecule has 3 heteroatoms. The van der Waals surface area contributed by atoms with E-state index in [1.54, 1.807) is 0 Å². The van der Waals surface area contributed by atoms with Crippen molar-refractivity contribution in [2.24, 2.45) is 5.73 Å². The third-order valence-corrected chi connectivity index (χ3v) is 5.35. The molecule has 27 heavy (non-hydrogen) atoms. The number of carbonyl (C=O) groups is 1. The molecule has 1 amide bonds. The standard InChI is InChI=1S/C24H41NO2/c1-27-23(22-18-14-13-15-19-22)20-16-11-9-7-5-3-2-4-6-8-10-12-17-21-24(25)26/h13-15,18-19,23H,2-12,16-17,20-21H2,1H3,(H2,25,26). The summed E-state index contributed by atoms with van der Waals surface area (Å²) in [4.78, 5) is 10.6. The second-order valence-corrected chi connectivity index (χ2v) is 7.74. The number of benzene rings is 1. The van der Waals surface area contributed by atoms with Crippen molar-refractivity contribution in [2.75, 3.05) is 7.11 Å². The van der Waals surface area contributed by atoms with E-state index in [0.29, 0.717) is 6.42 Å². The molecule has 0 radical (unpaired) electrons. The van der Waals surface area contributed by atoms with Crippen LogP contribution in [0.5, 0.6) is 0 Å². The lowest BCUT2D eigenvalue weighted by atomic mass is 10.0. The zero-order chi connectivity index (χ0) is 19.6. The molecule has 0 fully saturated rings. The molecule has 0 saturated heterocycles. The second kappa shape index (κ2) is 16.8. The number of hydrogen-bond acceptors (Lipinski definition) is 2. The van der Waals surface area contributed by atoms with Gasteiger partial charge in [-0.3, -0.25) is 4.79 Å². The van der Waals surface area contributed by atoms with Gasteiger partial charge in [0.15, 0.2) is 0 Å². The molecule has 1 unspecified atom stereocenters. The normalized spacial score (nSPS) is 12.2. The van der Waals surface area contributed by atoms with E-state index in [9.17, 15) is 4.79 Å². The van der Waals surface area contributed by atoms with Crippen molar-refractivity contribution in [1.29, 1.82) is 0 Å². The van der Waals surface area contributed by atoms with Gasteiger partial charge in [-0.25, -0.2) is 0 Å². The third-order valence-electron chi connectivity index (χ3n) is 5.35. The number of ether oxygens (including phenoxy) is 1. The van der Waals surface area contributed by atoms with Crippen molar-refractivity contribution in [3.8, 4) is 0 Å². The van der Waals surface area contributed by atoms with Crippen LogP contribution in [-0.2, 0) is 9.53 Å². The summed E-state index contributed by atoms with van der Waals surface area (Å²) >= 11 is 0. The Balaban J connectivity index is 1.83. The number of amides is 1. The van der Waals surface area contributed by atoms with Crippen molar-refractivity contribution >= 4 is 5.91 Å². The Morgan fingerprint density at radius 3 is 1.67 bits per heavy atom. The smallest absolute Gasteiger partial charge is 0.217 e. The van der Waals surface area contributed by atoms with E-state index in [4.69, 9.17) is 10.5 Å². The fourth-order valence-electron chi connectivity index (χ4n) is 3.66. The summed E-state index contributed by atoms with van der Waals surface area (Å²) in [5, 5.41) is 0. The van der Waals surface area contributed by atoms with Gasteiger partial charge < -0.3 is 10.5 Å². The Morgan fingerprint density at radius 1 is 0.778 bits per heavy atom. The fourth-order valence-corrected chi connectivity index (χ4v) is 3.66. The Morgan fingerprint density at radius 2 is 1.22 bits per heavy atom. The molecule has 0 aliphatic heterocycles. The monoisotopic (exact) mass is 375 g/mol.